The van der Waals surface area contributed by atoms with E-state index in [9.17, 15) is 13.6 Å². The molecule has 1 atom stereocenters. The Balaban J connectivity index is 1.45. The third-order valence-electron chi connectivity index (χ3n) is 7.56. The molecular weight excluding hydrogens is 570 g/mol. The van der Waals surface area contributed by atoms with Crippen LogP contribution < -0.4 is 14.2 Å². The van der Waals surface area contributed by atoms with Gasteiger partial charge in [-0.3, -0.25) is 0 Å². The summed E-state index contributed by atoms with van der Waals surface area (Å²) in [5, 5.41) is 0. The van der Waals surface area contributed by atoms with Crippen LogP contribution in [0.5, 0.6) is 17.2 Å². The maximum Gasteiger partial charge on any atom is 0.343 e. The van der Waals surface area contributed by atoms with Gasteiger partial charge in [0, 0.05) is 11.1 Å². The second-order valence-corrected chi connectivity index (χ2v) is 11.6. The van der Waals surface area contributed by atoms with E-state index in [0.717, 1.165) is 44.6 Å². The molecule has 242 valence electrons. The lowest BCUT2D eigenvalue weighted by molar-refractivity contribution is 0.0734. The van der Waals surface area contributed by atoms with Gasteiger partial charge in [0.25, 0.3) is 0 Å². The van der Waals surface area contributed by atoms with Crippen LogP contribution in [0.1, 0.15) is 126 Å². The molecule has 0 saturated heterocycles. The molecule has 4 nitrogen and oxygen atoms in total. The number of carbonyl (C=O) groups is 1. The molecule has 0 aromatic heterocycles. The Kier molecular flexibility index (Phi) is 16.0. The molecular formula is C39H48F2O4. The normalized spacial score (nSPS) is 11.4. The fraction of sp³-hybridized carbons (Fsp3) is 0.462. The van der Waals surface area contributed by atoms with E-state index in [2.05, 4.69) is 25.7 Å². The molecule has 0 aliphatic carbocycles. The Morgan fingerprint density at radius 2 is 1.27 bits per heavy atom. The van der Waals surface area contributed by atoms with E-state index in [-0.39, 0.29) is 23.2 Å². The molecule has 0 spiro atoms. The number of rotatable bonds is 19. The van der Waals surface area contributed by atoms with Crippen LogP contribution in [-0.4, -0.2) is 18.7 Å². The van der Waals surface area contributed by atoms with Gasteiger partial charge < -0.3 is 14.2 Å². The standard InChI is InChI=1S/C39H48F2O4/c1-4-6-8-10-11-12-13-15-27-43-37-26-22-33(29-36(37)41)39(42)45-34-23-19-31(20-24-34)17-18-32-21-25-38(35(40)28-32)44-30(3)16-14-9-7-5-2/h19-26,28-30H,4-16,27H2,1-3H3. The lowest BCUT2D eigenvalue weighted by Gasteiger charge is -2.15. The van der Waals surface area contributed by atoms with Crippen LogP contribution in [0.15, 0.2) is 60.7 Å². The topological polar surface area (TPSA) is 44.8 Å². The fourth-order valence-corrected chi connectivity index (χ4v) is 4.89. The highest BCUT2D eigenvalue weighted by Crippen LogP contribution is 2.23. The summed E-state index contributed by atoms with van der Waals surface area (Å²) in [7, 11) is 0. The number of ether oxygens (including phenoxy) is 3. The average molecular weight is 619 g/mol. The average Bonchev–Trinajstić information content (AvgIpc) is 3.03. The number of esters is 1. The van der Waals surface area contributed by atoms with Crippen molar-refractivity contribution in [3.8, 4) is 29.1 Å². The molecule has 0 aliphatic rings. The van der Waals surface area contributed by atoms with E-state index in [1.807, 2.05) is 6.92 Å². The maximum absolute atomic E-state index is 14.6. The predicted molar refractivity (Wildman–Crippen MR) is 177 cm³/mol. The number of hydrogen-bond acceptors (Lipinski definition) is 4. The molecule has 0 aliphatic heterocycles. The lowest BCUT2D eigenvalue weighted by atomic mass is 10.1. The molecule has 0 bridgehead atoms. The highest BCUT2D eigenvalue weighted by atomic mass is 19.1. The molecule has 0 fully saturated rings. The van der Waals surface area contributed by atoms with Crippen molar-refractivity contribution in [2.75, 3.05) is 6.61 Å². The fourth-order valence-electron chi connectivity index (χ4n) is 4.89. The predicted octanol–water partition coefficient (Wildman–Crippen LogP) is 10.8. The molecule has 6 heteroatoms. The Morgan fingerprint density at radius 1 is 0.689 bits per heavy atom. The van der Waals surface area contributed by atoms with Crippen molar-refractivity contribution < 1.29 is 27.8 Å². The van der Waals surface area contributed by atoms with Gasteiger partial charge in [0.15, 0.2) is 23.1 Å². The van der Waals surface area contributed by atoms with Crippen molar-refractivity contribution in [2.45, 2.75) is 110 Å². The first kappa shape index (κ1) is 35.6. The van der Waals surface area contributed by atoms with E-state index < -0.39 is 17.6 Å². The van der Waals surface area contributed by atoms with Crippen molar-refractivity contribution >= 4 is 5.97 Å². The highest BCUT2D eigenvalue weighted by molar-refractivity contribution is 5.91. The van der Waals surface area contributed by atoms with Crippen molar-refractivity contribution in [3.05, 3.63) is 89.0 Å². The summed E-state index contributed by atoms with van der Waals surface area (Å²) in [4.78, 5) is 12.6. The summed E-state index contributed by atoms with van der Waals surface area (Å²) in [6, 6.07) is 15.4. The molecule has 0 radical (unpaired) electrons. The molecule has 0 heterocycles. The molecule has 0 saturated carbocycles. The minimum Gasteiger partial charge on any atom is -0.491 e. The second kappa shape index (κ2) is 20.2. The molecule has 1 unspecified atom stereocenters. The molecule has 3 aromatic rings. The van der Waals surface area contributed by atoms with Crippen LogP contribution >= 0.6 is 0 Å². The number of halogens is 2. The van der Waals surface area contributed by atoms with Crippen molar-refractivity contribution in [3.63, 3.8) is 0 Å². The molecule has 3 rings (SSSR count). The first-order valence-electron chi connectivity index (χ1n) is 16.6. The van der Waals surface area contributed by atoms with E-state index in [0.29, 0.717) is 23.5 Å². The first-order valence-corrected chi connectivity index (χ1v) is 16.6. The molecule has 0 N–H and O–H groups in total. The van der Waals surface area contributed by atoms with Crippen LogP contribution in [0.4, 0.5) is 8.78 Å². The number of unbranched alkanes of at least 4 members (excludes halogenated alkanes) is 10. The third kappa shape index (κ3) is 13.4. The molecule has 0 amide bonds. The van der Waals surface area contributed by atoms with Crippen LogP contribution in [0, 0.1) is 23.5 Å². The van der Waals surface area contributed by atoms with Crippen molar-refractivity contribution in [1.29, 1.82) is 0 Å². The van der Waals surface area contributed by atoms with Crippen molar-refractivity contribution in [2.24, 2.45) is 0 Å². The minimum absolute atomic E-state index is 0.0531. The van der Waals surface area contributed by atoms with Crippen LogP contribution in [-0.2, 0) is 0 Å². The Bertz CT molecular complexity index is 1370. The van der Waals surface area contributed by atoms with Crippen LogP contribution in [0.2, 0.25) is 0 Å². The number of benzene rings is 3. The zero-order valence-corrected chi connectivity index (χ0v) is 27.1. The number of carbonyl (C=O) groups excluding carboxylic acids is 1. The van der Waals surface area contributed by atoms with E-state index in [1.54, 1.807) is 36.4 Å². The van der Waals surface area contributed by atoms with Gasteiger partial charge in [-0.2, -0.15) is 0 Å². The van der Waals surface area contributed by atoms with Crippen LogP contribution in [0.3, 0.4) is 0 Å². The number of hydrogen-bond donors (Lipinski definition) is 0. The largest absolute Gasteiger partial charge is 0.491 e. The Labute approximate surface area is 268 Å². The zero-order chi connectivity index (χ0) is 32.3. The minimum atomic E-state index is -0.671. The third-order valence-corrected chi connectivity index (χ3v) is 7.56. The van der Waals surface area contributed by atoms with Crippen LogP contribution in [0.25, 0.3) is 0 Å². The quantitative estimate of drug-likeness (QED) is 0.0580. The van der Waals surface area contributed by atoms with Gasteiger partial charge >= 0.3 is 5.97 Å². The summed E-state index contributed by atoms with van der Waals surface area (Å²) >= 11 is 0. The van der Waals surface area contributed by atoms with Gasteiger partial charge in [-0.25, -0.2) is 13.6 Å². The molecule has 45 heavy (non-hydrogen) atoms. The van der Waals surface area contributed by atoms with Crippen molar-refractivity contribution in [1.82, 2.24) is 0 Å². The summed E-state index contributed by atoms with van der Waals surface area (Å²) < 4.78 is 45.9. The van der Waals surface area contributed by atoms with Gasteiger partial charge in [0.05, 0.1) is 18.3 Å². The summed E-state index contributed by atoms with van der Waals surface area (Å²) in [6.45, 7) is 6.79. The van der Waals surface area contributed by atoms with Gasteiger partial charge in [-0.1, -0.05) is 89.9 Å². The van der Waals surface area contributed by atoms with E-state index >= 15 is 0 Å². The van der Waals surface area contributed by atoms with E-state index in [1.165, 1.54) is 63.1 Å². The smallest absolute Gasteiger partial charge is 0.343 e. The van der Waals surface area contributed by atoms with Gasteiger partial charge in [0.2, 0.25) is 0 Å². The van der Waals surface area contributed by atoms with Gasteiger partial charge in [-0.05, 0) is 86.8 Å². The SMILES string of the molecule is CCCCCCCCCCOc1ccc(C(=O)Oc2ccc(C#Cc3ccc(OC(C)CCCCCC)c(F)c3)cc2)cc1F. The lowest BCUT2D eigenvalue weighted by Crippen LogP contribution is -2.12. The summed E-state index contributed by atoms with van der Waals surface area (Å²) in [5.74, 6) is 4.91. The highest BCUT2D eigenvalue weighted by Gasteiger charge is 2.13. The zero-order valence-electron chi connectivity index (χ0n) is 27.1. The second-order valence-electron chi connectivity index (χ2n) is 11.6. The monoisotopic (exact) mass is 618 g/mol. The summed E-state index contributed by atoms with van der Waals surface area (Å²) in [5.41, 5.74) is 1.29. The Hall–Kier alpha value is -3.85. The van der Waals surface area contributed by atoms with Gasteiger partial charge in [-0.15, -0.1) is 0 Å². The van der Waals surface area contributed by atoms with Gasteiger partial charge in [0.1, 0.15) is 5.75 Å². The molecule has 3 aromatic carbocycles. The first-order chi connectivity index (χ1) is 21.9. The van der Waals surface area contributed by atoms with E-state index in [4.69, 9.17) is 14.2 Å². The summed E-state index contributed by atoms with van der Waals surface area (Å²) in [6.07, 6.45) is 14.9. The maximum atomic E-state index is 14.6. The Morgan fingerprint density at radius 3 is 1.93 bits per heavy atom.